The molecule has 2 aliphatic carbocycles. The number of nitrogens with one attached hydrogen (secondary N) is 2. The third-order valence-electron chi connectivity index (χ3n) is 14.5. The number of piperidine rings is 2. The van der Waals surface area contributed by atoms with Crippen molar-refractivity contribution in [2.24, 2.45) is 11.8 Å². The molecule has 4 N–H and O–H groups in total. The highest BCUT2D eigenvalue weighted by molar-refractivity contribution is 6.02. The lowest BCUT2D eigenvalue weighted by atomic mass is 9.79. The number of nitrogens with two attached hydrogens (primary N) is 1. The summed E-state index contributed by atoms with van der Waals surface area (Å²) < 4.78 is 38.4. The van der Waals surface area contributed by atoms with Crippen LogP contribution in [-0.2, 0) is 19.9 Å². The molecule has 2 saturated carbocycles. The molecule has 348 valence electrons. The van der Waals surface area contributed by atoms with Gasteiger partial charge >= 0.3 is 0 Å². The number of rotatable bonds is 12. The summed E-state index contributed by atoms with van der Waals surface area (Å²) in [6, 6.07) is 1.82. The maximum atomic E-state index is 15.3. The number of imide groups is 1. The molecule has 66 heavy (non-hydrogen) atoms. The van der Waals surface area contributed by atoms with Gasteiger partial charge in [0.15, 0.2) is 17.2 Å². The highest BCUT2D eigenvalue weighted by Crippen LogP contribution is 2.48. The van der Waals surface area contributed by atoms with Crippen LogP contribution >= 0.6 is 0 Å². The van der Waals surface area contributed by atoms with Crippen LogP contribution < -0.4 is 16.4 Å². The van der Waals surface area contributed by atoms with Crippen molar-refractivity contribution in [3.05, 3.63) is 59.4 Å². The van der Waals surface area contributed by atoms with Crippen molar-refractivity contribution in [3.8, 4) is 22.8 Å². The molecule has 18 heteroatoms. The van der Waals surface area contributed by atoms with Gasteiger partial charge in [-0.2, -0.15) is 5.10 Å². The van der Waals surface area contributed by atoms with Crippen LogP contribution in [0.1, 0.15) is 132 Å². The van der Waals surface area contributed by atoms with Gasteiger partial charge < -0.3 is 25.4 Å². The van der Waals surface area contributed by atoms with Crippen LogP contribution in [0.2, 0.25) is 0 Å². The molecule has 3 amide bonds. The lowest BCUT2D eigenvalue weighted by molar-refractivity contribution is -0.136. The Hall–Kier alpha value is -5.91. The Morgan fingerprint density at radius 3 is 2.24 bits per heavy atom. The van der Waals surface area contributed by atoms with Crippen molar-refractivity contribution in [3.63, 3.8) is 0 Å². The van der Waals surface area contributed by atoms with E-state index in [-0.39, 0.29) is 59.2 Å². The first kappa shape index (κ1) is 44.0. The van der Waals surface area contributed by atoms with E-state index in [9.17, 15) is 14.4 Å². The smallest absolute Gasteiger partial charge is 0.249 e. The molecule has 7 heterocycles. The number of hydrogen-bond donors (Lipinski definition) is 3. The second kappa shape index (κ2) is 17.7. The van der Waals surface area contributed by atoms with Gasteiger partial charge in [0, 0.05) is 68.0 Å². The molecule has 0 radical (unpaired) electrons. The summed E-state index contributed by atoms with van der Waals surface area (Å²) in [6.07, 6.45) is 14.9. The quantitative estimate of drug-likeness (QED) is 0.108. The maximum Gasteiger partial charge on any atom is 0.249 e. The summed E-state index contributed by atoms with van der Waals surface area (Å²) in [5, 5.41) is 15.2. The Balaban J connectivity index is 0.674. The number of carbonyl (C=O) groups excluding carboxylic acids is 3. The zero-order valence-corrected chi connectivity index (χ0v) is 37.9. The third kappa shape index (κ3) is 8.87. The molecule has 0 unspecified atom stereocenters. The van der Waals surface area contributed by atoms with E-state index in [4.69, 9.17) is 25.3 Å². The Morgan fingerprint density at radius 1 is 0.879 bits per heavy atom. The van der Waals surface area contributed by atoms with Crippen molar-refractivity contribution < 1.29 is 27.7 Å². The van der Waals surface area contributed by atoms with Crippen LogP contribution in [0.15, 0.2) is 35.4 Å². The van der Waals surface area contributed by atoms with Crippen molar-refractivity contribution in [2.45, 2.75) is 127 Å². The summed E-state index contributed by atoms with van der Waals surface area (Å²) >= 11 is 0. The molecule has 16 nitrogen and oxygen atoms in total. The van der Waals surface area contributed by atoms with E-state index in [0.717, 1.165) is 75.9 Å². The van der Waals surface area contributed by atoms with E-state index in [1.165, 1.54) is 18.5 Å². The minimum Gasteiger partial charge on any atom is -0.383 e. The topological polar surface area (TPSA) is 203 Å². The second-order valence-electron chi connectivity index (χ2n) is 20.3. The molecule has 5 aromatic rings. The van der Waals surface area contributed by atoms with Gasteiger partial charge in [-0.15, -0.1) is 0 Å². The number of carbonyl (C=O) groups is 3. The Kier molecular flexibility index (Phi) is 11.8. The standard InChI is InChI=1S/C48H58F2N12O4/c1-48(2,3)62-46-40(44(51)54-25-55-46)41(58-62)42-39(43(66-59-42)29-9-10-29)45-52-20-30(21-53-45)31-23-61(24-31)37(64)13-8-26-4-6-27(7-5-26)22-60-16-14-28(15-17-60)38-33(49)18-32(19-34(38)50)56-35-11-12-36(63)57-47(35)65/h18-21,25-29,31,35,56H,4-17,22-24H2,1-3H3,(H2,51,54,55)(H,57,63,65)/t26?,27?,35-/m0/s1. The largest absolute Gasteiger partial charge is 0.383 e. The van der Waals surface area contributed by atoms with E-state index in [0.29, 0.717) is 83.8 Å². The van der Waals surface area contributed by atoms with Gasteiger partial charge in [0.25, 0.3) is 0 Å². The van der Waals surface area contributed by atoms with E-state index in [1.807, 2.05) is 22.0 Å². The number of anilines is 2. The van der Waals surface area contributed by atoms with Gasteiger partial charge in [-0.3, -0.25) is 19.7 Å². The summed E-state index contributed by atoms with van der Waals surface area (Å²) in [5.41, 5.74) is 9.73. The minimum atomic E-state index is -0.706. The zero-order valence-electron chi connectivity index (χ0n) is 37.9. The number of halogens is 2. The van der Waals surface area contributed by atoms with Crippen LogP contribution in [0.3, 0.4) is 0 Å². The summed E-state index contributed by atoms with van der Waals surface area (Å²) in [6.45, 7) is 10.0. The fraction of sp³-hybridized carbons (Fsp3) is 0.562. The van der Waals surface area contributed by atoms with E-state index in [2.05, 4.69) is 51.4 Å². The predicted octanol–water partition coefficient (Wildman–Crippen LogP) is 7.04. The van der Waals surface area contributed by atoms with Gasteiger partial charge in [-0.25, -0.2) is 33.4 Å². The summed E-state index contributed by atoms with van der Waals surface area (Å²) in [5.74, 6) is 1.07. The molecule has 5 aliphatic rings. The monoisotopic (exact) mass is 904 g/mol. The fourth-order valence-corrected chi connectivity index (χ4v) is 10.5. The molecular weight excluding hydrogens is 847 g/mol. The summed E-state index contributed by atoms with van der Waals surface area (Å²) in [4.78, 5) is 59.7. The van der Waals surface area contributed by atoms with Gasteiger partial charge in [-0.1, -0.05) is 18.0 Å². The van der Waals surface area contributed by atoms with Crippen molar-refractivity contribution in [1.29, 1.82) is 0 Å². The zero-order chi connectivity index (χ0) is 45.9. The number of fused-ring (bicyclic) bond motifs is 1. The van der Waals surface area contributed by atoms with Crippen LogP contribution in [-0.4, -0.2) is 101 Å². The van der Waals surface area contributed by atoms with E-state index in [1.54, 1.807) is 0 Å². The van der Waals surface area contributed by atoms with E-state index >= 15 is 8.78 Å². The van der Waals surface area contributed by atoms with Gasteiger partial charge in [0.2, 0.25) is 17.7 Å². The molecule has 4 aromatic heterocycles. The Morgan fingerprint density at radius 2 is 1.58 bits per heavy atom. The molecule has 1 atom stereocenters. The number of hydrogen-bond acceptors (Lipinski definition) is 13. The average molecular weight is 905 g/mol. The van der Waals surface area contributed by atoms with Gasteiger partial charge in [-0.05, 0) is 121 Å². The molecule has 10 rings (SSSR count). The number of benzene rings is 1. The first-order valence-electron chi connectivity index (χ1n) is 23.7. The van der Waals surface area contributed by atoms with E-state index < -0.39 is 23.6 Å². The molecular formula is C48H58F2N12O4. The second-order valence-corrected chi connectivity index (χ2v) is 20.3. The molecule has 0 spiro atoms. The summed E-state index contributed by atoms with van der Waals surface area (Å²) in [7, 11) is 0. The first-order chi connectivity index (χ1) is 31.8. The highest BCUT2D eigenvalue weighted by Gasteiger charge is 2.38. The molecule has 3 saturated heterocycles. The van der Waals surface area contributed by atoms with Crippen LogP contribution in [0.4, 0.5) is 20.3 Å². The first-order valence-corrected chi connectivity index (χ1v) is 23.7. The van der Waals surface area contributed by atoms with Crippen LogP contribution in [0.25, 0.3) is 33.8 Å². The lowest BCUT2D eigenvalue weighted by Crippen LogP contribution is -2.48. The normalized spacial score (nSPS) is 22.4. The fourth-order valence-electron chi connectivity index (χ4n) is 10.5. The van der Waals surface area contributed by atoms with Gasteiger partial charge in [0.05, 0.1) is 16.5 Å². The lowest BCUT2D eigenvalue weighted by Gasteiger charge is -2.40. The number of likely N-dealkylation sites (tertiary alicyclic amines) is 2. The third-order valence-corrected chi connectivity index (χ3v) is 14.5. The molecule has 0 bridgehead atoms. The number of nitrogen functional groups attached to an aromatic ring is 1. The minimum absolute atomic E-state index is 0.120. The van der Waals surface area contributed by atoms with Crippen LogP contribution in [0, 0.1) is 23.5 Å². The number of aromatic nitrogens is 7. The Labute approximate surface area is 381 Å². The van der Waals surface area contributed by atoms with Crippen molar-refractivity contribution in [2.75, 3.05) is 43.8 Å². The molecule has 1 aromatic carbocycles. The average Bonchev–Trinajstić information content (AvgIpc) is 3.89. The SMILES string of the molecule is CC(C)(C)n1nc(-c2noc(C3CC3)c2-c2ncc(C3CN(C(=O)CCC4CCC(CN5CCC(c6c(F)cc(N[C@H]7CCC(=O)NC7=O)cc6F)CC5)CC4)C3)cn2)c2c(N)ncnc21. The Bertz CT molecular complexity index is 2610. The molecule has 3 aliphatic heterocycles. The molecule has 5 fully saturated rings. The van der Waals surface area contributed by atoms with Crippen molar-refractivity contribution in [1.82, 2.24) is 50.0 Å². The van der Waals surface area contributed by atoms with Crippen LogP contribution in [0.5, 0.6) is 0 Å². The maximum absolute atomic E-state index is 15.3. The van der Waals surface area contributed by atoms with Crippen molar-refractivity contribution >= 4 is 40.3 Å². The predicted molar refractivity (Wildman–Crippen MR) is 242 cm³/mol. The number of amides is 3. The number of nitrogens with zero attached hydrogens (tertiary/aromatic N) is 9. The van der Waals surface area contributed by atoms with Gasteiger partial charge in [0.1, 0.15) is 41.2 Å². The highest BCUT2D eigenvalue weighted by atomic mass is 19.1.